The minimum atomic E-state index is -0.307. The number of para-hydroxylation sites is 1. The predicted octanol–water partition coefficient (Wildman–Crippen LogP) is 4.04. The third kappa shape index (κ3) is 4.05. The van der Waals surface area contributed by atoms with Crippen molar-refractivity contribution in [2.45, 2.75) is 46.1 Å². The highest BCUT2D eigenvalue weighted by atomic mass is 16.2. The van der Waals surface area contributed by atoms with E-state index >= 15 is 0 Å². The van der Waals surface area contributed by atoms with Gasteiger partial charge in [-0.15, -0.1) is 0 Å². The summed E-state index contributed by atoms with van der Waals surface area (Å²) in [5, 5.41) is 3.07. The summed E-state index contributed by atoms with van der Waals surface area (Å²) in [5.41, 5.74) is 4.42. The van der Waals surface area contributed by atoms with Gasteiger partial charge < -0.3 is 10.2 Å². The molecule has 0 radical (unpaired) electrons. The van der Waals surface area contributed by atoms with Crippen molar-refractivity contribution in [2.24, 2.45) is 5.92 Å². The molecule has 0 unspecified atom stereocenters. The largest absolute Gasteiger partial charge is 0.349 e. The first-order valence-electron chi connectivity index (χ1n) is 9.81. The molecule has 1 heterocycles. The Morgan fingerprint density at radius 3 is 2.30 bits per heavy atom. The van der Waals surface area contributed by atoms with Crippen LogP contribution in [-0.4, -0.2) is 18.4 Å². The van der Waals surface area contributed by atoms with Gasteiger partial charge >= 0.3 is 0 Å². The van der Waals surface area contributed by atoms with Crippen molar-refractivity contribution in [1.29, 1.82) is 0 Å². The summed E-state index contributed by atoms with van der Waals surface area (Å²) >= 11 is 0. The number of hydrogen-bond donors (Lipinski definition) is 1. The van der Waals surface area contributed by atoms with Crippen LogP contribution in [0.2, 0.25) is 0 Å². The van der Waals surface area contributed by atoms with Crippen molar-refractivity contribution in [2.75, 3.05) is 11.4 Å². The van der Waals surface area contributed by atoms with Crippen LogP contribution in [0.4, 0.5) is 5.69 Å². The van der Waals surface area contributed by atoms with Crippen LogP contribution in [0.15, 0.2) is 48.5 Å². The molecule has 0 saturated carbocycles. The lowest BCUT2D eigenvalue weighted by atomic mass is 10.0. The van der Waals surface area contributed by atoms with E-state index in [0.29, 0.717) is 6.54 Å². The third-order valence-corrected chi connectivity index (χ3v) is 5.39. The van der Waals surface area contributed by atoms with E-state index in [1.807, 2.05) is 48.2 Å². The van der Waals surface area contributed by atoms with Crippen molar-refractivity contribution in [3.8, 4) is 0 Å². The van der Waals surface area contributed by atoms with E-state index < -0.39 is 0 Å². The molecule has 4 nitrogen and oxygen atoms in total. The molecule has 1 N–H and O–H groups in total. The lowest BCUT2D eigenvalue weighted by Crippen LogP contribution is -2.35. The summed E-state index contributed by atoms with van der Waals surface area (Å²) in [6.07, 6.45) is 2.01. The van der Waals surface area contributed by atoms with Crippen LogP contribution in [-0.2, 0) is 22.4 Å². The standard InChI is InChI=1S/C23H28N2O2/c1-4-17-12-9-13-18(5-2)22(17)25-15-20(14-21(25)26)23(27)24-16(3)19-10-7-6-8-11-19/h6-13,16,20H,4-5,14-15H2,1-3H3,(H,24,27)/t16-,20-/m1/s1. The smallest absolute Gasteiger partial charge is 0.227 e. The highest BCUT2D eigenvalue weighted by Gasteiger charge is 2.36. The molecular weight excluding hydrogens is 336 g/mol. The molecule has 1 fully saturated rings. The molecule has 0 bridgehead atoms. The Labute approximate surface area is 161 Å². The molecule has 2 aromatic rings. The van der Waals surface area contributed by atoms with Crippen LogP contribution < -0.4 is 10.2 Å². The molecule has 2 atom stereocenters. The molecule has 1 aliphatic rings. The number of benzene rings is 2. The minimum absolute atomic E-state index is 0.0399. The number of nitrogens with zero attached hydrogens (tertiary/aromatic N) is 1. The van der Waals surface area contributed by atoms with Crippen molar-refractivity contribution < 1.29 is 9.59 Å². The molecule has 0 spiro atoms. The summed E-state index contributed by atoms with van der Waals surface area (Å²) in [6.45, 7) is 6.63. The maximum Gasteiger partial charge on any atom is 0.227 e. The maximum atomic E-state index is 12.8. The Morgan fingerprint density at radius 1 is 1.07 bits per heavy atom. The van der Waals surface area contributed by atoms with Gasteiger partial charge in [-0.05, 0) is 36.5 Å². The van der Waals surface area contributed by atoms with Gasteiger partial charge in [0.1, 0.15) is 0 Å². The van der Waals surface area contributed by atoms with Crippen molar-refractivity contribution in [1.82, 2.24) is 5.32 Å². The second-order valence-electron chi connectivity index (χ2n) is 7.18. The van der Waals surface area contributed by atoms with E-state index in [-0.39, 0.29) is 30.2 Å². The zero-order valence-electron chi connectivity index (χ0n) is 16.4. The van der Waals surface area contributed by atoms with E-state index in [2.05, 4.69) is 31.3 Å². The summed E-state index contributed by atoms with van der Waals surface area (Å²) in [6, 6.07) is 16.0. The fraction of sp³-hybridized carbons (Fsp3) is 0.391. The van der Waals surface area contributed by atoms with Gasteiger partial charge in [-0.3, -0.25) is 9.59 Å². The molecular formula is C23H28N2O2. The second kappa shape index (κ2) is 8.38. The monoisotopic (exact) mass is 364 g/mol. The van der Waals surface area contributed by atoms with E-state index in [9.17, 15) is 9.59 Å². The molecule has 1 saturated heterocycles. The number of carbonyl (C=O) groups excluding carboxylic acids is 2. The fourth-order valence-electron chi connectivity index (χ4n) is 3.82. The number of carbonyl (C=O) groups is 2. The van der Waals surface area contributed by atoms with Gasteiger partial charge in [-0.2, -0.15) is 0 Å². The highest BCUT2D eigenvalue weighted by Crippen LogP contribution is 2.32. The quantitative estimate of drug-likeness (QED) is 0.841. The van der Waals surface area contributed by atoms with Gasteiger partial charge in [-0.1, -0.05) is 62.4 Å². The number of rotatable bonds is 6. The molecule has 3 rings (SSSR count). The number of aryl methyl sites for hydroxylation is 2. The number of hydrogen-bond acceptors (Lipinski definition) is 2. The van der Waals surface area contributed by atoms with Gasteiger partial charge in [0.2, 0.25) is 11.8 Å². The molecule has 4 heteroatoms. The van der Waals surface area contributed by atoms with E-state index in [1.165, 1.54) is 11.1 Å². The Bertz CT molecular complexity index is 794. The van der Waals surface area contributed by atoms with Gasteiger partial charge in [0, 0.05) is 18.7 Å². The molecule has 142 valence electrons. The SMILES string of the molecule is CCc1cccc(CC)c1N1C[C@H](C(=O)N[C@H](C)c2ccccc2)CC1=O. The molecule has 0 aliphatic carbocycles. The zero-order valence-corrected chi connectivity index (χ0v) is 16.4. The van der Waals surface area contributed by atoms with Crippen molar-refractivity contribution in [3.05, 3.63) is 65.2 Å². The summed E-state index contributed by atoms with van der Waals surface area (Å²) < 4.78 is 0. The highest BCUT2D eigenvalue weighted by molar-refractivity contribution is 6.01. The molecule has 1 aliphatic heterocycles. The number of amides is 2. The Balaban J connectivity index is 1.75. The average Bonchev–Trinajstić information content (AvgIpc) is 3.09. The fourth-order valence-corrected chi connectivity index (χ4v) is 3.82. The Morgan fingerprint density at radius 2 is 1.70 bits per heavy atom. The summed E-state index contributed by atoms with van der Waals surface area (Å²) in [5.74, 6) is -0.314. The molecule has 27 heavy (non-hydrogen) atoms. The first-order chi connectivity index (χ1) is 13.0. The molecule has 2 amide bonds. The van der Waals surface area contributed by atoms with Crippen molar-refractivity contribution >= 4 is 17.5 Å². The second-order valence-corrected chi connectivity index (χ2v) is 7.18. The Hall–Kier alpha value is -2.62. The average molecular weight is 364 g/mol. The zero-order chi connectivity index (χ0) is 19.4. The first-order valence-corrected chi connectivity index (χ1v) is 9.81. The van der Waals surface area contributed by atoms with Gasteiger partial charge in [0.15, 0.2) is 0 Å². The maximum absolute atomic E-state index is 12.8. The molecule has 0 aromatic heterocycles. The lowest BCUT2D eigenvalue weighted by molar-refractivity contribution is -0.126. The number of nitrogens with one attached hydrogen (secondary N) is 1. The van der Waals surface area contributed by atoms with E-state index in [0.717, 1.165) is 24.1 Å². The predicted molar refractivity (Wildman–Crippen MR) is 109 cm³/mol. The van der Waals surface area contributed by atoms with Crippen LogP contribution in [0, 0.1) is 5.92 Å². The topological polar surface area (TPSA) is 49.4 Å². The van der Waals surface area contributed by atoms with Crippen molar-refractivity contribution in [3.63, 3.8) is 0 Å². The van der Waals surface area contributed by atoms with Crippen LogP contribution in [0.3, 0.4) is 0 Å². The van der Waals surface area contributed by atoms with E-state index in [1.54, 1.807) is 0 Å². The summed E-state index contributed by atoms with van der Waals surface area (Å²) in [7, 11) is 0. The van der Waals surface area contributed by atoms with Gasteiger partial charge in [0.05, 0.1) is 12.0 Å². The van der Waals surface area contributed by atoms with Crippen LogP contribution in [0.25, 0.3) is 0 Å². The normalized spacial score (nSPS) is 17.8. The third-order valence-electron chi connectivity index (χ3n) is 5.39. The van der Waals surface area contributed by atoms with Gasteiger partial charge in [0.25, 0.3) is 0 Å². The van der Waals surface area contributed by atoms with Gasteiger partial charge in [-0.25, -0.2) is 0 Å². The summed E-state index contributed by atoms with van der Waals surface area (Å²) in [4.78, 5) is 27.3. The number of anilines is 1. The lowest BCUT2D eigenvalue weighted by Gasteiger charge is -2.23. The first kappa shape index (κ1) is 19.2. The van der Waals surface area contributed by atoms with Crippen LogP contribution in [0.1, 0.15) is 49.9 Å². The Kier molecular flexibility index (Phi) is 5.94. The van der Waals surface area contributed by atoms with Crippen LogP contribution >= 0.6 is 0 Å². The molecule has 2 aromatic carbocycles. The van der Waals surface area contributed by atoms with Crippen LogP contribution in [0.5, 0.6) is 0 Å². The van der Waals surface area contributed by atoms with E-state index in [4.69, 9.17) is 0 Å². The minimum Gasteiger partial charge on any atom is -0.349 e.